The first kappa shape index (κ1) is 16.3. The summed E-state index contributed by atoms with van der Waals surface area (Å²) in [6, 6.07) is 6.58. The summed E-state index contributed by atoms with van der Waals surface area (Å²) in [4.78, 5) is 30.3. The summed E-state index contributed by atoms with van der Waals surface area (Å²) in [5, 5.41) is 16.4. The Hall–Kier alpha value is -3.03. The maximum Gasteiger partial charge on any atom is 0.290 e. The fraction of sp³-hybridized carbons (Fsp3) is 0.267. The molecule has 0 bridgehead atoms. The van der Waals surface area contributed by atoms with E-state index in [9.17, 15) is 14.9 Å². The van der Waals surface area contributed by atoms with Gasteiger partial charge in [0.25, 0.3) is 5.69 Å². The van der Waals surface area contributed by atoms with Crippen molar-refractivity contribution in [2.24, 2.45) is 0 Å². The van der Waals surface area contributed by atoms with E-state index >= 15 is 0 Å². The Morgan fingerprint density at radius 2 is 2.09 bits per heavy atom. The number of amides is 1. The Balaban J connectivity index is 1.85. The van der Waals surface area contributed by atoms with Gasteiger partial charge in [0, 0.05) is 25.2 Å². The van der Waals surface area contributed by atoms with Crippen molar-refractivity contribution in [3.05, 3.63) is 51.8 Å². The average Bonchev–Trinajstić information content (AvgIpc) is 2.49. The van der Waals surface area contributed by atoms with Gasteiger partial charge in [-0.25, -0.2) is 9.97 Å². The zero-order chi connectivity index (χ0) is 16.8. The van der Waals surface area contributed by atoms with Crippen molar-refractivity contribution in [1.82, 2.24) is 9.97 Å². The van der Waals surface area contributed by atoms with Crippen LogP contribution >= 0.6 is 0 Å². The van der Waals surface area contributed by atoms with Gasteiger partial charge in [-0.1, -0.05) is 6.07 Å². The Morgan fingerprint density at radius 1 is 1.30 bits per heavy atom. The van der Waals surface area contributed by atoms with Crippen molar-refractivity contribution >= 4 is 23.2 Å². The molecule has 0 fully saturated rings. The van der Waals surface area contributed by atoms with E-state index in [0.29, 0.717) is 23.9 Å². The van der Waals surface area contributed by atoms with Crippen molar-refractivity contribution in [3.8, 4) is 0 Å². The number of rotatable bonds is 6. The topological polar surface area (TPSA) is 110 Å². The van der Waals surface area contributed by atoms with E-state index in [1.54, 1.807) is 19.2 Å². The van der Waals surface area contributed by atoms with Crippen LogP contribution in [0.4, 0.5) is 17.3 Å². The number of nitro groups is 1. The quantitative estimate of drug-likeness (QED) is 0.626. The number of aryl methyl sites for hydroxylation is 2. The molecule has 0 radical (unpaired) electrons. The normalized spacial score (nSPS) is 10.2. The van der Waals surface area contributed by atoms with E-state index in [0.717, 1.165) is 5.56 Å². The summed E-state index contributed by atoms with van der Waals surface area (Å²) >= 11 is 0. The molecule has 2 aromatic heterocycles. The van der Waals surface area contributed by atoms with E-state index in [-0.39, 0.29) is 18.0 Å². The van der Waals surface area contributed by atoms with Crippen LogP contribution in [0.3, 0.4) is 0 Å². The first-order chi connectivity index (χ1) is 11.0. The highest BCUT2D eigenvalue weighted by Gasteiger charge is 2.12. The van der Waals surface area contributed by atoms with Crippen LogP contribution in [0.15, 0.2) is 30.5 Å². The van der Waals surface area contributed by atoms with E-state index in [2.05, 4.69) is 20.6 Å². The third-order valence-corrected chi connectivity index (χ3v) is 3.18. The number of carbonyl (C=O) groups excluding carboxylic acids is 1. The zero-order valence-electron chi connectivity index (χ0n) is 12.9. The minimum absolute atomic E-state index is 0.0288. The lowest BCUT2D eigenvalue weighted by Crippen LogP contribution is -2.18. The minimum Gasteiger partial charge on any atom is -0.370 e. The number of pyridine rings is 2. The number of nitrogens with one attached hydrogen (secondary N) is 2. The first-order valence-corrected chi connectivity index (χ1v) is 7.05. The smallest absolute Gasteiger partial charge is 0.290 e. The van der Waals surface area contributed by atoms with Crippen LogP contribution in [0.5, 0.6) is 0 Å². The Kier molecular flexibility index (Phi) is 5.19. The summed E-state index contributed by atoms with van der Waals surface area (Å²) in [5.41, 5.74) is 1.19. The van der Waals surface area contributed by atoms with Crippen LogP contribution in [0.25, 0.3) is 0 Å². The minimum atomic E-state index is -0.477. The van der Waals surface area contributed by atoms with Crippen molar-refractivity contribution in [2.45, 2.75) is 20.3 Å². The molecule has 2 rings (SSSR count). The molecule has 0 saturated carbocycles. The fourth-order valence-corrected chi connectivity index (χ4v) is 1.96. The number of hydrogen-bond acceptors (Lipinski definition) is 6. The van der Waals surface area contributed by atoms with E-state index in [1.807, 2.05) is 13.0 Å². The second-order valence-electron chi connectivity index (χ2n) is 4.95. The summed E-state index contributed by atoms with van der Waals surface area (Å²) < 4.78 is 0. The maximum atomic E-state index is 11.9. The molecule has 0 spiro atoms. The first-order valence-electron chi connectivity index (χ1n) is 7.05. The van der Waals surface area contributed by atoms with E-state index < -0.39 is 4.92 Å². The van der Waals surface area contributed by atoms with Gasteiger partial charge >= 0.3 is 0 Å². The molecule has 0 atom stereocenters. The SMILES string of the molecule is Cc1cccnc1NC(=O)CCNc1ccc([N+](=O)[O-])c(C)n1. The number of hydrogen-bond donors (Lipinski definition) is 2. The molecule has 0 aliphatic carbocycles. The Labute approximate surface area is 133 Å². The Bertz CT molecular complexity index is 733. The van der Waals surface area contributed by atoms with E-state index in [4.69, 9.17) is 0 Å². The van der Waals surface area contributed by atoms with Crippen molar-refractivity contribution in [1.29, 1.82) is 0 Å². The van der Waals surface area contributed by atoms with E-state index in [1.165, 1.54) is 12.1 Å². The third kappa shape index (κ3) is 4.47. The molecule has 8 heteroatoms. The van der Waals surface area contributed by atoms with Crippen LogP contribution in [0.2, 0.25) is 0 Å². The van der Waals surface area contributed by atoms with Crippen molar-refractivity contribution in [2.75, 3.05) is 17.2 Å². The second-order valence-corrected chi connectivity index (χ2v) is 4.95. The molecule has 0 aromatic carbocycles. The second kappa shape index (κ2) is 7.30. The van der Waals surface area contributed by atoms with Crippen LogP contribution in [-0.4, -0.2) is 27.3 Å². The molecule has 0 unspecified atom stereocenters. The van der Waals surface area contributed by atoms with Gasteiger partial charge in [-0.05, 0) is 31.5 Å². The largest absolute Gasteiger partial charge is 0.370 e. The molecule has 8 nitrogen and oxygen atoms in total. The lowest BCUT2D eigenvalue weighted by Gasteiger charge is -2.08. The van der Waals surface area contributed by atoms with Gasteiger partial charge in [-0.3, -0.25) is 14.9 Å². The zero-order valence-corrected chi connectivity index (χ0v) is 12.9. The molecule has 0 saturated heterocycles. The Morgan fingerprint density at radius 3 is 2.74 bits per heavy atom. The molecule has 0 aliphatic heterocycles. The monoisotopic (exact) mass is 315 g/mol. The van der Waals surface area contributed by atoms with Gasteiger partial charge < -0.3 is 10.6 Å². The molecule has 23 heavy (non-hydrogen) atoms. The highest BCUT2D eigenvalue weighted by atomic mass is 16.6. The molecule has 2 aromatic rings. The summed E-state index contributed by atoms with van der Waals surface area (Å²) in [5.74, 6) is 0.870. The molecular weight excluding hydrogens is 298 g/mol. The van der Waals surface area contributed by atoms with Gasteiger partial charge in [-0.2, -0.15) is 0 Å². The van der Waals surface area contributed by atoms with Crippen molar-refractivity contribution < 1.29 is 9.72 Å². The lowest BCUT2D eigenvalue weighted by atomic mass is 10.3. The van der Waals surface area contributed by atoms with Crippen LogP contribution in [-0.2, 0) is 4.79 Å². The predicted molar refractivity (Wildman–Crippen MR) is 86.3 cm³/mol. The van der Waals surface area contributed by atoms with Gasteiger partial charge in [0.2, 0.25) is 5.91 Å². The van der Waals surface area contributed by atoms with Crippen LogP contribution in [0, 0.1) is 24.0 Å². The van der Waals surface area contributed by atoms with Gasteiger partial charge in [0.15, 0.2) is 0 Å². The molecule has 2 N–H and O–H groups in total. The van der Waals surface area contributed by atoms with Gasteiger partial charge in [0.1, 0.15) is 17.3 Å². The number of carbonyl (C=O) groups is 1. The molecule has 0 aliphatic rings. The molecular formula is C15H17N5O3. The fourth-order valence-electron chi connectivity index (χ4n) is 1.96. The van der Waals surface area contributed by atoms with Crippen LogP contribution in [0.1, 0.15) is 17.7 Å². The highest BCUT2D eigenvalue weighted by Crippen LogP contribution is 2.17. The summed E-state index contributed by atoms with van der Waals surface area (Å²) in [6.45, 7) is 3.80. The number of nitrogens with zero attached hydrogens (tertiary/aromatic N) is 3. The lowest BCUT2D eigenvalue weighted by molar-refractivity contribution is -0.385. The van der Waals surface area contributed by atoms with Crippen LogP contribution < -0.4 is 10.6 Å². The summed E-state index contributed by atoms with van der Waals surface area (Å²) in [6.07, 6.45) is 1.85. The molecule has 120 valence electrons. The number of aromatic nitrogens is 2. The highest BCUT2D eigenvalue weighted by molar-refractivity contribution is 5.90. The molecule has 2 heterocycles. The third-order valence-electron chi connectivity index (χ3n) is 3.18. The predicted octanol–water partition coefficient (Wildman–Crippen LogP) is 2.44. The standard InChI is InChI=1S/C15H17N5O3/c1-10-4-3-8-17-15(10)19-14(21)7-9-16-13-6-5-12(20(22)23)11(2)18-13/h3-6,8H,7,9H2,1-2H3,(H,16,18)(H,17,19,21). The number of anilines is 2. The maximum absolute atomic E-state index is 11.9. The van der Waals surface area contributed by atoms with Gasteiger partial charge in [0.05, 0.1) is 4.92 Å². The van der Waals surface area contributed by atoms with Crippen molar-refractivity contribution in [3.63, 3.8) is 0 Å². The van der Waals surface area contributed by atoms with Gasteiger partial charge in [-0.15, -0.1) is 0 Å². The average molecular weight is 315 g/mol. The summed E-state index contributed by atoms with van der Waals surface area (Å²) in [7, 11) is 0. The molecule has 1 amide bonds.